The molecule has 2 aromatic carbocycles. The summed E-state index contributed by atoms with van der Waals surface area (Å²) in [6, 6.07) is 14.0. The van der Waals surface area contributed by atoms with Crippen molar-refractivity contribution in [2.45, 2.75) is 16.7 Å². The van der Waals surface area contributed by atoms with Crippen molar-refractivity contribution < 1.29 is 4.74 Å². The SMILES string of the molecule is COc1ccc(Cl)cc1Sc1ccc(C)cc1. The van der Waals surface area contributed by atoms with Crippen LogP contribution in [0.25, 0.3) is 0 Å². The highest BCUT2D eigenvalue weighted by molar-refractivity contribution is 7.99. The molecule has 0 aliphatic heterocycles. The first kappa shape index (κ1) is 12.3. The summed E-state index contributed by atoms with van der Waals surface area (Å²) in [5, 5.41) is 0.723. The largest absolute Gasteiger partial charge is 0.496 e. The van der Waals surface area contributed by atoms with Crippen molar-refractivity contribution in [2.24, 2.45) is 0 Å². The van der Waals surface area contributed by atoms with E-state index in [9.17, 15) is 0 Å². The first-order valence-corrected chi connectivity index (χ1v) is 6.46. The Hall–Kier alpha value is -1.12. The summed E-state index contributed by atoms with van der Waals surface area (Å²) in [7, 11) is 1.67. The van der Waals surface area contributed by atoms with Crippen LogP contribution in [0.3, 0.4) is 0 Å². The molecule has 0 amide bonds. The number of halogens is 1. The Kier molecular flexibility index (Phi) is 3.97. The average Bonchev–Trinajstić information content (AvgIpc) is 2.32. The summed E-state index contributed by atoms with van der Waals surface area (Å²) in [4.78, 5) is 2.21. The van der Waals surface area contributed by atoms with Gasteiger partial charge in [0.25, 0.3) is 0 Å². The van der Waals surface area contributed by atoms with Crippen molar-refractivity contribution >= 4 is 23.4 Å². The summed E-state index contributed by atoms with van der Waals surface area (Å²) in [5.41, 5.74) is 1.26. The first-order chi connectivity index (χ1) is 8.19. The topological polar surface area (TPSA) is 9.23 Å². The van der Waals surface area contributed by atoms with Gasteiger partial charge < -0.3 is 4.74 Å². The lowest BCUT2D eigenvalue weighted by Crippen LogP contribution is -1.86. The quantitative estimate of drug-likeness (QED) is 0.787. The number of rotatable bonds is 3. The van der Waals surface area contributed by atoms with Gasteiger partial charge in [-0.3, -0.25) is 0 Å². The second-order valence-electron chi connectivity index (χ2n) is 3.71. The van der Waals surface area contributed by atoms with Crippen molar-refractivity contribution in [1.29, 1.82) is 0 Å². The molecule has 1 nitrogen and oxygen atoms in total. The Bertz CT molecular complexity index is 508. The van der Waals surface area contributed by atoms with Gasteiger partial charge in [0.15, 0.2) is 0 Å². The Morgan fingerprint density at radius 2 is 1.76 bits per heavy atom. The molecule has 2 aromatic rings. The van der Waals surface area contributed by atoms with Crippen LogP contribution in [-0.2, 0) is 0 Å². The summed E-state index contributed by atoms with van der Waals surface area (Å²) in [6.45, 7) is 2.08. The number of hydrogen-bond donors (Lipinski definition) is 0. The van der Waals surface area contributed by atoms with Gasteiger partial charge in [-0.15, -0.1) is 0 Å². The predicted octanol–water partition coefficient (Wildman–Crippen LogP) is 4.81. The van der Waals surface area contributed by atoms with Crippen LogP contribution < -0.4 is 4.74 Å². The van der Waals surface area contributed by atoms with E-state index >= 15 is 0 Å². The Labute approximate surface area is 111 Å². The summed E-state index contributed by atoms with van der Waals surface area (Å²) >= 11 is 7.65. The van der Waals surface area contributed by atoms with Gasteiger partial charge in [-0.2, -0.15) is 0 Å². The maximum absolute atomic E-state index is 6.00. The summed E-state index contributed by atoms with van der Waals surface area (Å²) in [6.07, 6.45) is 0. The van der Waals surface area contributed by atoms with Gasteiger partial charge in [0.05, 0.1) is 12.0 Å². The average molecular weight is 265 g/mol. The number of methoxy groups -OCH3 is 1. The first-order valence-electron chi connectivity index (χ1n) is 5.27. The van der Waals surface area contributed by atoms with Gasteiger partial charge >= 0.3 is 0 Å². The molecule has 0 spiro atoms. The van der Waals surface area contributed by atoms with Crippen molar-refractivity contribution in [3.05, 3.63) is 53.1 Å². The maximum Gasteiger partial charge on any atom is 0.132 e. The number of ether oxygens (including phenoxy) is 1. The summed E-state index contributed by atoms with van der Waals surface area (Å²) < 4.78 is 5.32. The highest BCUT2D eigenvalue weighted by Crippen LogP contribution is 2.36. The minimum absolute atomic E-state index is 0.723. The fourth-order valence-corrected chi connectivity index (χ4v) is 2.66. The van der Waals surface area contributed by atoms with E-state index in [2.05, 4.69) is 31.2 Å². The fourth-order valence-electron chi connectivity index (χ4n) is 1.46. The minimum Gasteiger partial charge on any atom is -0.496 e. The van der Waals surface area contributed by atoms with E-state index in [-0.39, 0.29) is 0 Å². The standard InChI is InChI=1S/C14H13ClOS/c1-10-3-6-12(7-4-10)17-14-9-11(15)5-8-13(14)16-2/h3-9H,1-2H3. The molecule has 0 aromatic heterocycles. The van der Waals surface area contributed by atoms with Crippen LogP contribution in [0, 0.1) is 6.92 Å². The van der Waals surface area contributed by atoms with Gasteiger partial charge in [0.1, 0.15) is 5.75 Å². The molecule has 88 valence electrons. The number of hydrogen-bond acceptors (Lipinski definition) is 2. The van der Waals surface area contributed by atoms with E-state index in [0.717, 1.165) is 15.7 Å². The molecule has 0 heterocycles. The third-order valence-corrected chi connectivity index (χ3v) is 3.66. The monoisotopic (exact) mass is 264 g/mol. The van der Waals surface area contributed by atoms with E-state index in [1.807, 2.05) is 18.2 Å². The molecule has 0 bridgehead atoms. The number of aryl methyl sites for hydroxylation is 1. The molecule has 0 aliphatic carbocycles. The third-order valence-electron chi connectivity index (χ3n) is 2.37. The predicted molar refractivity (Wildman–Crippen MR) is 73.3 cm³/mol. The van der Waals surface area contributed by atoms with Crippen molar-refractivity contribution in [3.63, 3.8) is 0 Å². The van der Waals surface area contributed by atoms with Crippen LogP contribution in [0.5, 0.6) is 5.75 Å². The molecule has 3 heteroatoms. The van der Waals surface area contributed by atoms with Crippen LogP contribution in [0.1, 0.15) is 5.56 Å². The molecule has 17 heavy (non-hydrogen) atoms. The molecule has 0 aliphatic rings. The molecule has 2 rings (SSSR count). The highest BCUT2D eigenvalue weighted by Gasteiger charge is 2.05. The van der Waals surface area contributed by atoms with Gasteiger partial charge in [-0.05, 0) is 37.3 Å². The van der Waals surface area contributed by atoms with Crippen LogP contribution in [0.4, 0.5) is 0 Å². The zero-order valence-electron chi connectivity index (χ0n) is 9.74. The van der Waals surface area contributed by atoms with Crippen LogP contribution in [-0.4, -0.2) is 7.11 Å². The molecule has 0 fully saturated rings. The summed E-state index contributed by atoms with van der Waals surface area (Å²) in [5.74, 6) is 0.847. The molecule has 0 radical (unpaired) electrons. The van der Waals surface area contributed by atoms with E-state index in [4.69, 9.17) is 16.3 Å². The lowest BCUT2D eigenvalue weighted by molar-refractivity contribution is 0.405. The molecular weight excluding hydrogens is 252 g/mol. The smallest absolute Gasteiger partial charge is 0.132 e. The second-order valence-corrected chi connectivity index (χ2v) is 5.26. The maximum atomic E-state index is 6.00. The molecule has 0 unspecified atom stereocenters. The van der Waals surface area contributed by atoms with E-state index in [1.165, 1.54) is 10.5 Å². The van der Waals surface area contributed by atoms with Crippen molar-refractivity contribution in [1.82, 2.24) is 0 Å². The van der Waals surface area contributed by atoms with Crippen LogP contribution in [0.2, 0.25) is 5.02 Å². The highest BCUT2D eigenvalue weighted by atomic mass is 35.5. The zero-order valence-corrected chi connectivity index (χ0v) is 11.3. The fraction of sp³-hybridized carbons (Fsp3) is 0.143. The normalized spacial score (nSPS) is 10.3. The van der Waals surface area contributed by atoms with Crippen LogP contribution >= 0.6 is 23.4 Å². The van der Waals surface area contributed by atoms with Crippen LogP contribution in [0.15, 0.2) is 52.3 Å². The molecule has 0 saturated carbocycles. The van der Waals surface area contributed by atoms with E-state index < -0.39 is 0 Å². The number of benzene rings is 2. The molecule has 0 saturated heterocycles. The molecule has 0 N–H and O–H groups in total. The lowest BCUT2D eigenvalue weighted by atomic mass is 10.2. The van der Waals surface area contributed by atoms with Gasteiger partial charge in [0.2, 0.25) is 0 Å². The lowest BCUT2D eigenvalue weighted by Gasteiger charge is -2.08. The second kappa shape index (κ2) is 5.48. The Balaban J connectivity index is 2.28. The minimum atomic E-state index is 0.723. The zero-order chi connectivity index (χ0) is 12.3. The van der Waals surface area contributed by atoms with E-state index in [1.54, 1.807) is 18.9 Å². The van der Waals surface area contributed by atoms with Gasteiger partial charge in [0, 0.05) is 9.92 Å². The van der Waals surface area contributed by atoms with Crippen molar-refractivity contribution in [3.8, 4) is 5.75 Å². The third kappa shape index (κ3) is 3.18. The Morgan fingerprint density at radius 1 is 1.06 bits per heavy atom. The van der Waals surface area contributed by atoms with Gasteiger partial charge in [-0.25, -0.2) is 0 Å². The molecular formula is C14H13ClOS. The van der Waals surface area contributed by atoms with Gasteiger partial charge in [-0.1, -0.05) is 41.1 Å². The van der Waals surface area contributed by atoms with Crippen molar-refractivity contribution in [2.75, 3.05) is 7.11 Å². The van der Waals surface area contributed by atoms with E-state index in [0.29, 0.717) is 0 Å². The Morgan fingerprint density at radius 3 is 2.41 bits per heavy atom. The molecule has 0 atom stereocenters.